The van der Waals surface area contributed by atoms with Crippen molar-refractivity contribution in [2.75, 3.05) is 19.7 Å². The number of carboxylic acid groups (broad SMARTS) is 1. The molecule has 8 heteroatoms. The number of benzene rings is 2. The van der Waals surface area contributed by atoms with Crippen LogP contribution in [0.5, 0.6) is 5.75 Å². The number of aliphatic carboxylic acids is 1. The second-order valence-corrected chi connectivity index (χ2v) is 6.57. The van der Waals surface area contributed by atoms with Gasteiger partial charge in [0, 0.05) is 19.0 Å². The van der Waals surface area contributed by atoms with E-state index in [1.54, 1.807) is 0 Å². The average molecular weight is 393 g/mol. The second kappa shape index (κ2) is 7.92. The van der Waals surface area contributed by atoms with Gasteiger partial charge in [-0.1, -0.05) is 30.3 Å². The van der Waals surface area contributed by atoms with E-state index in [9.17, 15) is 27.9 Å². The molecule has 2 aromatic carbocycles. The smallest absolute Gasteiger partial charge is 0.416 e. The molecule has 0 aromatic heterocycles. The maximum atomic E-state index is 12.6. The molecular formula is C20H18F3NO4. The third-order valence-corrected chi connectivity index (χ3v) is 4.76. The Bertz CT molecular complexity index is 837. The standard InChI is InChI=1S/C20H18F3NO4/c21-20(22,23)14-6-8-15(9-7-14)28-12-18(25)24-10-16(17(11-24)19(26)27)13-4-2-1-3-5-13/h1-9,16-17H,10-12H2,(H,26,27)/t16-,17-/m1/s1. The lowest BCUT2D eigenvalue weighted by molar-refractivity contribution is -0.142. The third kappa shape index (κ3) is 4.44. The number of rotatable bonds is 5. The summed E-state index contributed by atoms with van der Waals surface area (Å²) in [6, 6.07) is 13.2. The lowest BCUT2D eigenvalue weighted by atomic mass is 9.89. The molecule has 3 rings (SSSR count). The molecule has 0 bridgehead atoms. The number of amides is 1. The Morgan fingerprint density at radius 3 is 2.25 bits per heavy atom. The number of nitrogens with zero attached hydrogens (tertiary/aromatic N) is 1. The van der Waals surface area contributed by atoms with Crippen molar-refractivity contribution in [3.8, 4) is 5.75 Å². The molecule has 1 fully saturated rings. The van der Waals surface area contributed by atoms with Crippen molar-refractivity contribution >= 4 is 11.9 Å². The highest BCUT2D eigenvalue weighted by Gasteiger charge is 2.40. The zero-order valence-electron chi connectivity index (χ0n) is 14.7. The Labute approximate surface area is 159 Å². The van der Waals surface area contributed by atoms with E-state index in [0.29, 0.717) is 0 Å². The van der Waals surface area contributed by atoms with Crippen LogP contribution in [0.4, 0.5) is 13.2 Å². The summed E-state index contributed by atoms with van der Waals surface area (Å²) >= 11 is 0. The van der Waals surface area contributed by atoms with Gasteiger partial charge in [-0.15, -0.1) is 0 Å². The Morgan fingerprint density at radius 1 is 1.04 bits per heavy atom. The van der Waals surface area contributed by atoms with Gasteiger partial charge in [-0.25, -0.2) is 0 Å². The van der Waals surface area contributed by atoms with Gasteiger partial charge in [0.1, 0.15) is 5.75 Å². The van der Waals surface area contributed by atoms with Crippen molar-refractivity contribution in [2.45, 2.75) is 12.1 Å². The summed E-state index contributed by atoms with van der Waals surface area (Å²) in [5.41, 5.74) is 0.0366. The van der Waals surface area contributed by atoms with Crippen LogP contribution in [-0.4, -0.2) is 41.6 Å². The van der Waals surface area contributed by atoms with Crippen LogP contribution in [0.15, 0.2) is 54.6 Å². The minimum Gasteiger partial charge on any atom is -0.484 e. The minimum absolute atomic E-state index is 0.0596. The van der Waals surface area contributed by atoms with Crippen molar-refractivity contribution in [1.82, 2.24) is 4.90 Å². The normalized spacial score (nSPS) is 19.5. The summed E-state index contributed by atoms with van der Waals surface area (Å²) in [4.78, 5) is 25.4. The number of ether oxygens (including phenoxy) is 1. The molecule has 1 aliphatic heterocycles. The lowest BCUT2D eigenvalue weighted by Crippen LogP contribution is -2.33. The Kier molecular flexibility index (Phi) is 5.58. The number of carbonyl (C=O) groups is 2. The molecule has 1 aliphatic rings. The van der Waals surface area contributed by atoms with Crippen LogP contribution in [0.2, 0.25) is 0 Å². The number of hydrogen-bond donors (Lipinski definition) is 1. The molecule has 0 saturated carbocycles. The summed E-state index contributed by atoms with van der Waals surface area (Å²) in [5.74, 6) is -2.31. The molecule has 28 heavy (non-hydrogen) atoms. The van der Waals surface area contributed by atoms with E-state index in [-0.39, 0.29) is 31.4 Å². The number of likely N-dealkylation sites (tertiary alicyclic amines) is 1. The van der Waals surface area contributed by atoms with Gasteiger partial charge in [-0.05, 0) is 29.8 Å². The second-order valence-electron chi connectivity index (χ2n) is 6.57. The molecule has 2 atom stereocenters. The predicted molar refractivity (Wildman–Crippen MR) is 93.8 cm³/mol. The molecule has 0 spiro atoms. The summed E-state index contributed by atoms with van der Waals surface area (Å²) in [6.07, 6.45) is -4.44. The van der Waals surface area contributed by atoms with Crippen molar-refractivity contribution in [3.63, 3.8) is 0 Å². The molecule has 1 N–H and O–H groups in total. The van der Waals surface area contributed by atoms with Gasteiger partial charge in [-0.3, -0.25) is 9.59 Å². The molecule has 0 unspecified atom stereocenters. The summed E-state index contributed by atoms with van der Waals surface area (Å²) in [6.45, 7) is -0.0699. The van der Waals surface area contributed by atoms with E-state index >= 15 is 0 Å². The first-order valence-corrected chi connectivity index (χ1v) is 8.61. The summed E-state index contributed by atoms with van der Waals surface area (Å²) < 4.78 is 43.0. The molecule has 0 radical (unpaired) electrons. The van der Waals surface area contributed by atoms with Crippen LogP contribution < -0.4 is 4.74 Å². The Balaban J connectivity index is 1.62. The molecule has 5 nitrogen and oxygen atoms in total. The molecule has 0 aliphatic carbocycles. The van der Waals surface area contributed by atoms with E-state index in [4.69, 9.17) is 4.74 Å². The van der Waals surface area contributed by atoms with Crippen molar-refractivity contribution in [3.05, 3.63) is 65.7 Å². The number of carbonyl (C=O) groups excluding carboxylic acids is 1. The van der Waals surface area contributed by atoms with Gasteiger partial charge >= 0.3 is 12.1 Å². The number of carboxylic acids is 1. The van der Waals surface area contributed by atoms with Gasteiger partial charge in [0.15, 0.2) is 6.61 Å². The van der Waals surface area contributed by atoms with E-state index in [2.05, 4.69) is 0 Å². The molecule has 2 aromatic rings. The van der Waals surface area contributed by atoms with Crippen molar-refractivity contribution in [2.24, 2.45) is 5.92 Å². The zero-order chi connectivity index (χ0) is 20.3. The van der Waals surface area contributed by atoms with Crippen LogP contribution in [0.3, 0.4) is 0 Å². The van der Waals surface area contributed by atoms with Crippen molar-refractivity contribution < 1.29 is 32.6 Å². The SMILES string of the molecule is O=C(O)[C@@H]1CN(C(=O)COc2ccc(C(F)(F)F)cc2)C[C@@H]1c1ccccc1. The lowest BCUT2D eigenvalue weighted by Gasteiger charge is -2.17. The summed E-state index contributed by atoms with van der Waals surface area (Å²) in [5, 5.41) is 9.48. The fraction of sp³-hybridized carbons (Fsp3) is 0.300. The highest BCUT2D eigenvalue weighted by atomic mass is 19.4. The fourth-order valence-corrected chi connectivity index (χ4v) is 3.27. The van der Waals surface area contributed by atoms with E-state index in [1.165, 1.54) is 4.90 Å². The molecule has 148 valence electrons. The number of hydrogen-bond acceptors (Lipinski definition) is 3. The van der Waals surface area contributed by atoms with Gasteiger partial charge in [0.05, 0.1) is 11.5 Å². The Morgan fingerprint density at radius 2 is 1.68 bits per heavy atom. The van der Waals surface area contributed by atoms with Gasteiger partial charge in [0.25, 0.3) is 5.91 Å². The van der Waals surface area contributed by atoms with Crippen LogP contribution in [0, 0.1) is 5.92 Å². The first kappa shape index (κ1) is 19.7. The topological polar surface area (TPSA) is 66.8 Å². The maximum Gasteiger partial charge on any atom is 0.416 e. The number of halogens is 3. The highest BCUT2D eigenvalue weighted by Crippen LogP contribution is 2.33. The van der Waals surface area contributed by atoms with E-state index < -0.39 is 29.5 Å². The van der Waals surface area contributed by atoms with Crippen molar-refractivity contribution in [1.29, 1.82) is 0 Å². The maximum absolute atomic E-state index is 12.6. The molecule has 1 amide bonds. The van der Waals surface area contributed by atoms with E-state index in [0.717, 1.165) is 29.8 Å². The molecule has 1 heterocycles. The third-order valence-electron chi connectivity index (χ3n) is 4.76. The number of alkyl halides is 3. The first-order valence-electron chi connectivity index (χ1n) is 8.61. The van der Waals surface area contributed by atoms with Gasteiger partial charge in [0.2, 0.25) is 0 Å². The fourth-order valence-electron chi connectivity index (χ4n) is 3.27. The Hall–Kier alpha value is -3.03. The van der Waals surface area contributed by atoms with Crippen LogP contribution in [0.25, 0.3) is 0 Å². The van der Waals surface area contributed by atoms with Gasteiger partial charge < -0.3 is 14.7 Å². The van der Waals surface area contributed by atoms with Crippen LogP contribution in [0.1, 0.15) is 17.0 Å². The monoisotopic (exact) mass is 393 g/mol. The largest absolute Gasteiger partial charge is 0.484 e. The average Bonchev–Trinajstić information content (AvgIpc) is 3.12. The highest BCUT2D eigenvalue weighted by molar-refractivity contribution is 5.80. The molecular weight excluding hydrogens is 375 g/mol. The molecule has 1 saturated heterocycles. The summed E-state index contributed by atoms with van der Waals surface area (Å²) in [7, 11) is 0. The quantitative estimate of drug-likeness (QED) is 0.846. The first-order chi connectivity index (χ1) is 13.3. The van der Waals surface area contributed by atoms with Crippen LogP contribution in [-0.2, 0) is 15.8 Å². The van der Waals surface area contributed by atoms with Gasteiger partial charge in [-0.2, -0.15) is 13.2 Å². The minimum atomic E-state index is -4.44. The predicted octanol–water partition coefficient (Wildman–Crippen LogP) is 3.41. The van der Waals surface area contributed by atoms with Crippen LogP contribution >= 0.6 is 0 Å². The van der Waals surface area contributed by atoms with E-state index in [1.807, 2.05) is 30.3 Å². The zero-order valence-corrected chi connectivity index (χ0v) is 14.7.